The van der Waals surface area contributed by atoms with Crippen molar-refractivity contribution in [2.75, 3.05) is 26.2 Å². The van der Waals surface area contributed by atoms with Crippen LogP contribution in [0.5, 0.6) is 5.75 Å². The van der Waals surface area contributed by atoms with Crippen molar-refractivity contribution >= 4 is 0 Å². The zero-order valence-electron chi connectivity index (χ0n) is 13.1. The van der Waals surface area contributed by atoms with Crippen LogP contribution < -0.4 is 10.5 Å². The Balaban J connectivity index is 1.81. The molecule has 0 bridgehead atoms. The molecule has 3 nitrogen and oxygen atoms in total. The van der Waals surface area contributed by atoms with Gasteiger partial charge in [0.15, 0.2) is 0 Å². The van der Waals surface area contributed by atoms with Gasteiger partial charge in [0, 0.05) is 19.1 Å². The van der Waals surface area contributed by atoms with E-state index in [1.165, 1.54) is 30.5 Å². The first kappa shape index (κ1) is 15.3. The summed E-state index contributed by atoms with van der Waals surface area (Å²) in [7, 11) is 0. The molecule has 2 N–H and O–H groups in total. The molecule has 0 spiro atoms. The molecule has 0 radical (unpaired) electrons. The van der Waals surface area contributed by atoms with E-state index in [9.17, 15) is 0 Å². The molecular formula is C17H28N2O. The van der Waals surface area contributed by atoms with Crippen molar-refractivity contribution in [2.24, 2.45) is 11.7 Å². The molecule has 1 heterocycles. The lowest BCUT2D eigenvalue weighted by Crippen LogP contribution is -2.43. The number of nitrogens with two attached hydrogens (primary N) is 1. The fourth-order valence-corrected chi connectivity index (χ4v) is 3.03. The Kier molecular flexibility index (Phi) is 5.44. The number of rotatable bonds is 5. The highest BCUT2D eigenvalue weighted by molar-refractivity contribution is 5.39. The molecule has 20 heavy (non-hydrogen) atoms. The van der Waals surface area contributed by atoms with Gasteiger partial charge in [-0.25, -0.2) is 0 Å². The Labute approximate surface area is 123 Å². The van der Waals surface area contributed by atoms with Gasteiger partial charge in [-0.3, -0.25) is 4.90 Å². The van der Waals surface area contributed by atoms with Crippen molar-refractivity contribution < 1.29 is 4.74 Å². The first-order chi connectivity index (χ1) is 9.58. The largest absolute Gasteiger partial charge is 0.492 e. The van der Waals surface area contributed by atoms with E-state index in [4.69, 9.17) is 10.5 Å². The lowest BCUT2D eigenvalue weighted by Gasteiger charge is -2.34. The third-order valence-electron chi connectivity index (χ3n) is 4.35. The number of hydrogen-bond donors (Lipinski definition) is 1. The molecule has 2 rings (SSSR count). The van der Waals surface area contributed by atoms with Gasteiger partial charge in [0.05, 0.1) is 0 Å². The monoisotopic (exact) mass is 276 g/mol. The summed E-state index contributed by atoms with van der Waals surface area (Å²) in [5, 5.41) is 0. The summed E-state index contributed by atoms with van der Waals surface area (Å²) in [5.74, 6) is 1.69. The number of aryl methyl sites for hydroxylation is 2. The number of para-hydroxylation sites is 1. The third kappa shape index (κ3) is 3.97. The number of benzene rings is 1. The maximum atomic E-state index is 6.03. The maximum absolute atomic E-state index is 6.03. The molecule has 1 aromatic carbocycles. The van der Waals surface area contributed by atoms with Crippen LogP contribution in [-0.4, -0.2) is 37.2 Å². The molecule has 2 unspecified atom stereocenters. The molecular weight excluding hydrogens is 248 g/mol. The standard InChI is InChI=1S/C17H28N2O/c1-13-6-4-7-14(2)17(13)20-11-10-19-9-5-8-16(12-19)15(3)18/h4,6-7,15-16H,5,8-12,18H2,1-3H3. The molecule has 2 atom stereocenters. The fraction of sp³-hybridized carbons (Fsp3) is 0.647. The molecule has 0 amide bonds. The summed E-state index contributed by atoms with van der Waals surface area (Å²) < 4.78 is 5.99. The van der Waals surface area contributed by atoms with Gasteiger partial charge in [0.25, 0.3) is 0 Å². The van der Waals surface area contributed by atoms with Crippen LogP contribution in [0.15, 0.2) is 18.2 Å². The Bertz CT molecular complexity index is 411. The zero-order chi connectivity index (χ0) is 14.5. The number of ether oxygens (including phenoxy) is 1. The van der Waals surface area contributed by atoms with Crippen LogP contribution in [0.4, 0.5) is 0 Å². The van der Waals surface area contributed by atoms with E-state index < -0.39 is 0 Å². The second-order valence-corrected chi connectivity index (χ2v) is 6.13. The summed E-state index contributed by atoms with van der Waals surface area (Å²) >= 11 is 0. The minimum atomic E-state index is 0.303. The molecule has 1 aliphatic heterocycles. The van der Waals surface area contributed by atoms with Gasteiger partial charge in [-0.05, 0) is 57.2 Å². The van der Waals surface area contributed by atoms with E-state index in [0.717, 1.165) is 25.4 Å². The van der Waals surface area contributed by atoms with Crippen LogP contribution in [-0.2, 0) is 0 Å². The number of piperidine rings is 1. The van der Waals surface area contributed by atoms with Gasteiger partial charge in [-0.2, -0.15) is 0 Å². The lowest BCUT2D eigenvalue weighted by molar-refractivity contribution is 0.137. The quantitative estimate of drug-likeness (QED) is 0.898. The zero-order valence-corrected chi connectivity index (χ0v) is 13.1. The van der Waals surface area contributed by atoms with Gasteiger partial charge in [0.1, 0.15) is 12.4 Å². The van der Waals surface area contributed by atoms with E-state index >= 15 is 0 Å². The fourth-order valence-electron chi connectivity index (χ4n) is 3.03. The number of likely N-dealkylation sites (tertiary alicyclic amines) is 1. The molecule has 1 fully saturated rings. The first-order valence-corrected chi connectivity index (χ1v) is 7.75. The SMILES string of the molecule is Cc1cccc(C)c1OCCN1CCCC(C(C)N)C1. The predicted octanol–water partition coefficient (Wildman–Crippen LogP) is 2.74. The molecule has 0 aromatic heterocycles. The van der Waals surface area contributed by atoms with Gasteiger partial charge in [0.2, 0.25) is 0 Å². The average Bonchev–Trinajstić information content (AvgIpc) is 2.42. The highest BCUT2D eigenvalue weighted by Crippen LogP contribution is 2.23. The van der Waals surface area contributed by atoms with Crippen molar-refractivity contribution in [3.63, 3.8) is 0 Å². The molecule has 112 valence electrons. The van der Waals surface area contributed by atoms with Gasteiger partial charge >= 0.3 is 0 Å². The smallest absolute Gasteiger partial charge is 0.125 e. The second kappa shape index (κ2) is 7.09. The maximum Gasteiger partial charge on any atom is 0.125 e. The Morgan fingerprint density at radius 1 is 1.35 bits per heavy atom. The van der Waals surface area contributed by atoms with Gasteiger partial charge in [-0.1, -0.05) is 18.2 Å². The highest BCUT2D eigenvalue weighted by atomic mass is 16.5. The number of hydrogen-bond acceptors (Lipinski definition) is 3. The average molecular weight is 276 g/mol. The van der Waals surface area contributed by atoms with Crippen LogP contribution in [0.3, 0.4) is 0 Å². The normalized spacial score (nSPS) is 21.7. The van der Waals surface area contributed by atoms with Crippen LogP contribution in [0.2, 0.25) is 0 Å². The molecule has 0 saturated carbocycles. The van der Waals surface area contributed by atoms with Crippen LogP contribution in [0.25, 0.3) is 0 Å². The van der Waals surface area contributed by atoms with Crippen LogP contribution in [0.1, 0.15) is 30.9 Å². The summed E-state index contributed by atoms with van der Waals surface area (Å²) in [6.45, 7) is 10.4. The minimum Gasteiger partial charge on any atom is -0.492 e. The topological polar surface area (TPSA) is 38.5 Å². The van der Waals surface area contributed by atoms with Crippen molar-refractivity contribution in [3.05, 3.63) is 29.3 Å². The molecule has 3 heteroatoms. The molecule has 0 aliphatic carbocycles. The molecule has 1 aromatic rings. The Hall–Kier alpha value is -1.06. The Morgan fingerprint density at radius 3 is 2.70 bits per heavy atom. The second-order valence-electron chi connectivity index (χ2n) is 6.13. The van der Waals surface area contributed by atoms with E-state index in [0.29, 0.717) is 12.0 Å². The van der Waals surface area contributed by atoms with Crippen molar-refractivity contribution in [1.29, 1.82) is 0 Å². The molecule has 1 saturated heterocycles. The van der Waals surface area contributed by atoms with E-state index in [1.54, 1.807) is 0 Å². The summed E-state index contributed by atoms with van der Waals surface area (Å²) in [5.41, 5.74) is 8.47. The van der Waals surface area contributed by atoms with E-state index in [1.807, 2.05) is 0 Å². The van der Waals surface area contributed by atoms with Crippen LogP contribution in [0, 0.1) is 19.8 Å². The summed E-state index contributed by atoms with van der Waals surface area (Å²) in [6.07, 6.45) is 2.53. The van der Waals surface area contributed by atoms with E-state index in [-0.39, 0.29) is 0 Å². The summed E-state index contributed by atoms with van der Waals surface area (Å²) in [4.78, 5) is 2.49. The lowest BCUT2D eigenvalue weighted by atomic mass is 9.92. The summed E-state index contributed by atoms with van der Waals surface area (Å²) in [6, 6.07) is 6.59. The third-order valence-corrected chi connectivity index (χ3v) is 4.35. The predicted molar refractivity (Wildman–Crippen MR) is 84.2 cm³/mol. The van der Waals surface area contributed by atoms with Crippen LogP contribution >= 0.6 is 0 Å². The van der Waals surface area contributed by atoms with Gasteiger partial charge < -0.3 is 10.5 Å². The molecule has 1 aliphatic rings. The van der Waals surface area contributed by atoms with Crippen molar-refractivity contribution in [1.82, 2.24) is 4.90 Å². The first-order valence-electron chi connectivity index (χ1n) is 7.75. The van der Waals surface area contributed by atoms with Crippen molar-refractivity contribution in [3.8, 4) is 5.75 Å². The van der Waals surface area contributed by atoms with Gasteiger partial charge in [-0.15, -0.1) is 0 Å². The number of nitrogens with zero attached hydrogens (tertiary/aromatic N) is 1. The van der Waals surface area contributed by atoms with E-state index in [2.05, 4.69) is 43.9 Å². The minimum absolute atomic E-state index is 0.303. The highest BCUT2D eigenvalue weighted by Gasteiger charge is 2.22. The van der Waals surface area contributed by atoms with Crippen molar-refractivity contribution in [2.45, 2.75) is 39.7 Å². The Morgan fingerprint density at radius 2 is 2.05 bits per heavy atom.